The molecule has 21 heavy (non-hydrogen) atoms. The SMILES string of the molecule is CNc1cc(C(F)(F)F)cc(NC2CCN(C)C(C)C2)n1. The molecule has 0 aliphatic carbocycles. The van der Waals surface area contributed by atoms with Gasteiger partial charge < -0.3 is 15.5 Å². The lowest BCUT2D eigenvalue weighted by Gasteiger charge is -2.35. The van der Waals surface area contributed by atoms with Gasteiger partial charge in [-0.15, -0.1) is 0 Å². The Morgan fingerprint density at radius 1 is 1.29 bits per heavy atom. The molecule has 0 bridgehead atoms. The van der Waals surface area contributed by atoms with Gasteiger partial charge in [0.15, 0.2) is 0 Å². The van der Waals surface area contributed by atoms with E-state index in [1.165, 1.54) is 0 Å². The van der Waals surface area contributed by atoms with Crippen LogP contribution in [0.2, 0.25) is 0 Å². The van der Waals surface area contributed by atoms with Gasteiger partial charge >= 0.3 is 6.18 Å². The summed E-state index contributed by atoms with van der Waals surface area (Å²) in [6, 6.07) is 2.65. The zero-order chi connectivity index (χ0) is 15.6. The number of halogens is 3. The van der Waals surface area contributed by atoms with E-state index in [2.05, 4.69) is 34.5 Å². The lowest BCUT2D eigenvalue weighted by atomic mass is 9.99. The maximum atomic E-state index is 12.9. The number of hydrogen-bond donors (Lipinski definition) is 2. The molecule has 0 spiro atoms. The van der Waals surface area contributed by atoms with E-state index in [4.69, 9.17) is 0 Å². The van der Waals surface area contributed by atoms with E-state index in [-0.39, 0.29) is 17.7 Å². The Labute approximate surface area is 122 Å². The molecule has 1 aromatic heterocycles. The predicted octanol–water partition coefficient (Wildman–Crippen LogP) is 3.04. The summed E-state index contributed by atoms with van der Waals surface area (Å²) < 4.78 is 38.7. The van der Waals surface area contributed by atoms with Crippen molar-refractivity contribution in [3.63, 3.8) is 0 Å². The average molecular weight is 302 g/mol. The molecular weight excluding hydrogens is 281 g/mol. The van der Waals surface area contributed by atoms with E-state index in [0.29, 0.717) is 6.04 Å². The third-order valence-corrected chi connectivity index (χ3v) is 3.97. The summed E-state index contributed by atoms with van der Waals surface area (Å²) in [5, 5.41) is 5.81. The van der Waals surface area contributed by atoms with E-state index in [1.54, 1.807) is 7.05 Å². The van der Waals surface area contributed by atoms with E-state index in [1.807, 2.05) is 0 Å². The first-order valence-electron chi connectivity index (χ1n) is 7.03. The summed E-state index contributed by atoms with van der Waals surface area (Å²) in [6.45, 7) is 3.04. The van der Waals surface area contributed by atoms with Crippen LogP contribution in [0.5, 0.6) is 0 Å². The summed E-state index contributed by atoms with van der Waals surface area (Å²) in [6.07, 6.45) is -2.58. The predicted molar refractivity (Wildman–Crippen MR) is 77.5 cm³/mol. The van der Waals surface area contributed by atoms with Crippen LogP contribution >= 0.6 is 0 Å². The summed E-state index contributed by atoms with van der Waals surface area (Å²) in [7, 11) is 3.62. The van der Waals surface area contributed by atoms with Crippen molar-refractivity contribution in [3.8, 4) is 0 Å². The highest BCUT2D eigenvalue weighted by Crippen LogP contribution is 2.32. The fourth-order valence-electron chi connectivity index (χ4n) is 2.53. The highest BCUT2D eigenvalue weighted by atomic mass is 19.4. The second-order valence-corrected chi connectivity index (χ2v) is 5.57. The molecule has 2 rings (SSSR count). The number of alkyl halides is 3. The normalized spacial score (nSPS) is 23.9. The number of piperidine rings is 1. The largest absolute Gasteiger partial charge is 0.416 e. The van der Waals surface area contributed by atoms with Crippen LogP contribution in [0, 0.1) is 0 Å². The Kier molecular flexibility index (Phi) is 4.61. The van der Waals surface area contributed by atoms with Gasteiger partial charge in [0.25, 0.3) is 0 Å². The van der Waals surface area contributed by atoms with E-state index < -0.39 is 11.7 Å². The van der Waals surface area contributed by atoms with E-state index in [0.717, 1.165) is 31.5 Å². The van der Waals surface area contributed by atoms with Crippen LogP contribution in [0.15, 0.2) is 12.1 Å². The molecule has 0 aromatic carbocycles. The maximum Gasteiger partial charge on any atom is 0.416 e. The molecule has 2 atom stereocenters. The molecule has 2 unspecified atom stereocenters. The molecule has 0 saturated carbocycles. The molecule has 0 radical (unpaired) electrons. The second-order valence-electron chi connectivity index (χ2n) is 5.57. The monoisotopic (exact) mass is 302 g/mol. The van der Waals surface area contributed by atoms with Crippen molar-refractivity contribution in [1.82, 2.24) is 9.88 Å². The first-order chi connectivity index (χ1) is 9.79. The van der Waals surface area contributed by atoms with Gasteiger partial charge in [-0.1, -0.05) is 0 Å². The summed E-state index contributed by atoms with van der Waals surface area (Å²) in [5.74, 6) is 0.490. The number of hydrogen-bond acceptors (Lipinski definition) is 4. The minimum absolute atomic E-state index is 0.150. The molecule has 0 amide bonds. The Morgan fingerprint density at radius 2 is 1.95 bits per heavy atom. The average Bonchev–Trinajstić information content (AvgIpc) is 2.41. The molecule has 118 valence electrons. The number of rotatable bonds is 3. The van der Waals surface area contributed by atoms with Crippen LogP contribution in [0.4, 0.5) is 24.8 Å². The Balaban J connectivity index is 2.16. The zero-order valence-electron chi connectivity index (χ0n) is 12.5. The summed E-state index contributed by atoms with van der Waals surface area (Å²) in [5.41, 5.74) is -0.690. The molecule has 4 nitrogen and oxygen atoms in total. The molecule has 7 heteroatoms. The van der Waals surface area contributed by atoms with Gasteiger partial charge in [-0.05, 0) is 38.9 Å². The first kappa shape index (κ1) is 15.9. The van der Waals surface area contributed by atoms with Gasteiger partial charge in [-0.2, -0.15) is 13.2 Å². The molecular formula is C14H21F3N4. The second kappa shape index (κ2) is 6.09. The fraction of sp³-hybridized carbons (Fsp3) is 0.643. The third-order valence-electron chi connectivity index (χ3n) is 3.97. The van der Waals surface area contributed by atoms with Crippen molar-refractivity contribution in [2.45, 2.75) is 38.0 Å². The van der Waals surface area contributed by atoms with Gasteiger partial charge in [-0.3, -0.25) is 0 Å². The van der Waals surface area contributed by atoms with Crippen molar-refractivity contribution >= 4 is 11.6 Å². The minimum Gasteiger partial charge on any atom is -0.373 e. The van der Waals surface area contributed by atoms with Crippen molar-refractivity contribution < 1.29 is 13.2 Å². The molecule has 1 aliphatic heterocycles. The number of likely N-dealkylation sites (tertiary alicyclic amines) is 1. The van der Waals surface area contributed by atoms with Crippen molar-refractivity contribution in [2.75, 3.05) is 31.3 Å². The summed E-state index contributed by atoms with van der Waals surface area (Å²) in [4.78, 5) is 6.41. The fourth-order valence-corrected chi connectivity index (χ4v) is 2.53. The maximum absolute atomic E-state index is 12.9. The quantitative estimate of drug-likeness (QED) is 0.900. The standard InChI is InChI=1S/C14H21F3N4/c1-9-6-11(4-5-21(9)3)19-13-8-10(14(15,16)17)7-12(18-2)20-13/h7-9,11H,4-6H2,1-3H3,(H2,18,19,20). The van der Waals surface area contributed by atoms with Crippen molar-refractivity contribution in [1.29, 1.82) is 0 Å². The summed E-state index contributed by atoms with van der Waals surface area (Å²) >= 11 is 0. The highest BCUT2D eigenvalue weighted by Gasteiger charge is 2.32. The van der Waals surface area contributed by atoms with Crippen LogP contribution in [0.25, 0.3) is 0 Å². The van der Waals surface area contributed by atoms with Crippen LogP contribution in [-0.4, -0.2) is 42.6 Å². The van der Waals surface area contributed by atoms with Gasteiger partial charge in [0.2, 0.25) is 0 Å². The molecule has 1 aliphatic rings. The Morgan fingerprint density at radius 3 is 2.52 bits per heavy atom. The van der Waals surface area contributed by atoms with Gasteiger partial charge in [0.1, 0.15) is 11.6 Å². The molecule has 2 N–H and O–H groups in total. The molecule has 1 saturated heterocycles. The number of aromatic nitrogens is 1. The Bertz CT molecular complexity index is 490. The number of pyridine rings is 1. The van der Waals surface area contributed by atoms with Crippen LogP contribution in [0.1, 0.15) is 25.3 Å². The van der Waals surface area contributed by atoms with Gasteiger partial charge in [-0.25, -0.2) is 4.98 Å². The third kappa shape index (κ3) is 4.00. The topological polar surface area (TPSA) is 40.2 Å². The number of nitrogens with one attached hydrogen (secondary N) is 2. The first-order valence-corrected chi connectivity index (χ1v) is 7.03. The smallest absolute Gasteiger partial charge is 0.373 e. The highest BCUT2D eigenvalue weighted by molar-refractivity contribution is 5.50. The van der Waals surface area contributed by atoms with E-state index in [9.17, 15) is 13.2 Å². The van der Waals surface area contributed by atoms with Crippen LogP contribution in [-0.2, 0) is 6.18 Å². The zero-order valence-corrected chi connectivity index (χ0v) is 12.5. The van der Waals surface area contributed by atoms with Crippen molar-refractivity contribution in [2.24, 2.45) is 0 Å². The van der Waals surface area contributed by atoms with Crippen LogP contribution in [0.3, 0.4) is 0 Å². The molecule has 1 fully saturated rings. The lowest BCUT2D eigenvalue weighted by Crippen LogP contribution is -2.42. The molecule has 1 aromatic rings. The Hall–Kier alpha value is -1.50. The van der Waals surface area contributed by atoms with Gasteiger partial charge in [0, 0.05) is 25.7 Å². The molecule has 2 heterocycles. The minimum atomic E-state index is -4.37. The van der Waals surface area contributed by atoms with E-state index >= 15 is 0 Å². The van der Waals surface area contributed by atoms with Crippen LogP contribution < -0.4 is 10.6 Å². The lowest BCUT2D eigenvalue weighted by molar-refractivity contribution is -0.137. The van der Waals surface area contributed by atoms with Gasteiger partial charge in [0.05, 0.1) is 5.56 Å². The van der Waals surface area contributed by atoms with Crippen molar-refractivity contribution in [3.05, 3.63) is 17.7 Å². The number of nitrogens with zero attached hydrogens (tertiary/aromatic N) is 2. The number of anilines is 2.